The van der Waals surface area contributed by atoms with Crippen LogP contribution in [0.4, 0.5) is 0 Å². The van der Waals surface area contributed by atoms with Crippen LogP contribution in [-0.2, 0) is 0 Å². The van der Waals surface area contributed by atoms with E-state index in [4.69, 9.17) is 0 Å². The van der Waals surface area contributed by atoms with E-state index >= 15 is 0 Å². The Balaban J connectivity index is 4.13. The molecule has 0 unspecified atom stereocenters. The van der Waals surface area contributed by atoms with E-state index in [0.717, 1.165) is 0 Å². The monoisotopic (exact) mass is 158 g/mol. The van der Waals surface area contributed by atoms with Gasteiger partial charge in [-0.25, -0.2) is 0 Å². The van der Waals surface area contributed by atoms with Crippen LogP contribution in [0.2, 0.25) is 0 Å². The highest BCUT2D eigenvalue weighted by Gasteiger charge is 2.03. The van der Waals surface area contributed by atoms with Crippen LogP contribution >= 0.6 is 11.8 Å². The molecule has 0 aliphatic rings. The minimum atomic E-state index is 0.704. The average molecular weight is 158 g/mol. The Morgan fingerprint density at radius 2 is 1.80 bits per heavy atom. The lowest BCUT2D eigenvalue weighted by Crippen LogP contribution is -1.92. The lowest BCUT2D eigenvalue weighted by Gasteiger charge is -2.11. The fourth-order valence-electron chi connectivity index (χ4n) is 1.04. The summed E-state index contributed by atoms with van der Waals surface area (Å²) in [5.74, 6) is 1.90. The molecule has 0 aromatic rings. The van der Waals surface area contributed by atoms with Gasteiger partial charge in [0.1, 0.15) is 0 Å². The van der Waals surface area contributed by atoms with Crippen molar-refractivity contribution in [3.63, 3.8) is 0 Å². The molecule has 0 amide bonds. The zero-order chi connectivity index (χ0) is 8.15. The van der Waals surface area contributed by atoms with Crippen LogP contribution in [0.15, 0.2) is 10.5 Å². The second-order valence-electron chi connectivity index (χ2n) is 2.95. The maximum atomic E-state index is 2.25. The molecule has 0 spiro atoms. The first-order chi connectivity index (χ1) is 4.59. The molecule has 0 aromatic heterocycles. The Bertz CT molecular complexity index is 119. The van der Waals surface area contributed by atoms with Crippen LogP contribution in [0, 0.1) is 5.92 Å². The summed E-state index contributed by atoms with van der Waals surface area (Å²) in [7, 11) is 0. The molecule has 0 fully saturated rings. The van der Waals surface area contributed by atoms with E-state index in [1.54, 1.807) is 4.91 Å². The molecule has 60 valence electrons. The highest BCUT2D eigenvalue weighted by Crippen LogP contribution is 2.26. The van der Waals surface area contributed by atoms with Crippen LogP contribution in [0.25, 0.3) is 0 Å². The summed E-state index contributed by atoms with van der Waals surface area (Å²) in [4.78, 5) is 1.56. The Labute approximate surface area is 69.1 Å². The zero-order valence-corrected chi connectivity index (χ0v) is 8.51. The molecule has 0 saturated carbocycles. The third-order valence-corrected chi connectivity index (χ3v) is 2.80. The number of hydrogen-bond acceptors (Lipinski definition) is 1. The minimum absolute atomic E-state index is 0.704. The molecule has 0 heterocycles. The first-order valence-electron chi connectivity index (χ1n) is 3.89. The predicted octanol–water partition coefficient (Wildman–Crippen LogP) is 3.69. The van der Waals surface area contributed by atoms with Gasteiger partial charge in [-0.05, 0) is 30.4 Å². The van der Waals surface area contributed by atoms with E-state index in [1.165, 1.54) is 11.3 Å². The molecule has 0 nitrogen and oxygen atoms in total. The van der Waals surface area contributed by atoms with E-state index in [-0.39, 0.29) is 0 Å². The molecule has 10 heavy (non-hydrogen) atoms. The van der Waals surface area contributed by atoms with Crippen molar-refractivity contribution in [2.24, 2.45) is 5.92 Å². The van der Waals surface area contributed by atoms with Gasteiger partial charge in [-0.3, -0.25) is 0 Å². The van der Waals surface area contributed by atoms with E-state index in [0.29, 0.717) is 5.92 Å². The second-order valence-corrected chi connectivity index (χ2v) is 4.26. The van der Waals surface area contributed by atoms with Gasteiger partial charge in [-0.2, -0.15) is 0 Å². The van der Waals surface area contributed by atoms with Crippen molar-refractivity contribution in [2.75, 3.05) is 5.75 Å². The predicted molar refractivity (Wildman–Crippen MR) is 51.3 cm³/mol. The molecule has 1 heteroatoms. The molecule has 0 aliphatic heterocycles. The Hall–Kier alpha value is 0.0900. The first kappa shape index (κ1) is 10.1. The van der Waals surface area contributed by atoms with E-state index in [9.17, 15) is 0 Å². The van der Waals surface area contributed by atoms with Gasteiger partial charge in [-0.15, -0.1) is 11.8 Å². The van der Waals surface area contributed by atoms with Crippen LogP contribution < -0.4 is 0 Å². The summed E-state index contributed by atoms with van der Waals surface area (Å²) in [6, 6.07) is 0. The molecule has 0 aliphatic carbocycles. The van der Waals surface area contributed by atoms with E-state index in [1.807, 2.05) is 11.8 Å². The smallest absolute Gasteiger partial charge is 0.00516 e. The fraction of sp³-hybridized carbons (Fsp3) is 0.778. The maximum Gasteiger partial charge on any atom is -0.00516 e. The quantitative estimate of drug-likeness (QED) is 0.603. The van der Waals surface area contributed by atoms with Crippen molar-refractivity contribution in [3.05, 3.63) is 10.5 Å². The van der Waals surface area contributed by atoms with Crippen LogP contribution in [0.5, 0.6) is 0 Å². The summed E-state index contributed by atoms with van der Waals surface area (Å²) in [6.07, 6.45) is 0. The number of rotatable bonds is 3. The van der Waals surface area contributed by atoms with Crippen LogP contribution in [0.3, 0.4) is 0 Å². The van der Waals surface area contributed by atoms with Crippen molar-refractivity contribution in [1.82, 2.24) is 0 Å². The highest BCUT2D eigenvalue weighted by atomic mass is 32.2. The SMILES string of the molecule is CCSC(=C(C)C)C(C)C. The number of allylic oxidation sites excluding steroid dienone is 2. The molecule has 0 saturated heterocycles. The summed E-state index contributed by atoms with van der Waals surface area (Å²) in [5, 5.41) is 0. The van der Waals surface area contributed by atoms with Crippen molar-refractivity contribution in [3.8, 4) is 0 Å². The lowest BCUT2D eigenvalue weighted by atomic mass is 10.1. The number of thioether (sulfide) groups is 1. The molecular formula is C9H18S. The zero-order valence-electron chi connectivity index (χ0n) is 7.69. The highest BCUT2D eigenvalue weighted by molar-refractivity contribution is 8.03. The second kappa shape index (κ2) is 4.84. The summed E-state index contributed by atoms with van der Waals surface area (Å²) >= 11 is 1.97. The summed E-state index contributed by atoms with van der Waals surface area (Å²) < 4.78 is 0. The van der Waals surface area contributed by atoms with Crippen LogP contribution in [0.1, 0.15) is 34.6 Å². The summed E-state index contributed by atoms with van der Waals surface area (Å²) in [6.45, 7) is 11.1. The Kier molecular flexibility index (Phi) is 4.88. The summed E-state index contributed by atoms with van der Waals surface area (Å²) in [5.41, 5.74) is 1.47. The van der Waals surface area contributed by atoms with E-state index < -0.39 is 0 Å². The van der Waals surface area contributed by atoms with Crippen LogP contribution in [-0.4, -0.2) is 5.75 Å². The molecular weight excluding hydrogens is 140 g/mol. The lowest BCUT2D eigenvalue weighted by molar-refractivity contribution is 0.805. The van der Waals surface area contributed by atoms with Gasteiger partial charge in [-0.1, -0.05) is 26.3 Å². The van der Waals surface area contributed by atoms with Gasteiger partial charge in [0.05, 0.1) is 0 Å². The third kappa shape index (κ3) is 3.31. The first-order valence-corrected chi connectivity index (χ1v) is 4.88. The van der Waals surface area contributed by atoms with Crippen molar-refractivity contribution >= 4 is 11.8 Å². The fourth-order valence-corrected chi connectivity index (χ4v) is 1.98. The van der Waals surface area contributed by atoms with Gasteiger partial charge in [0.2, 0.25) is 0 Å². The molecule has 0 radical (unpaired) electrons. The third-order valence-electron chi connectivity index (χ3n) is 1.32. The van der Waals surface area contributed by atoms with Gasteiger partial charge in [0.15, 0.2) is 0 Å². The van der Waals surface area contributed by atoms with Crippen molar-refractivity contribution < 1.29 is 0 Å². The largest absolute Gasteiger partial charge is 0.131 e. The Morgan fingerprint density at radius 3 is 1.90 bits per heavy atom. The van der Waals surface area contributed by atoms with Gasteiger partial charge < -0.3 is 0 Å². The average Bonchev–Trinajstić information content (AvgIpc) is 1.81. The number of hydrogen-bond donors (Lipinski definition) is 0. The van der Waals surface area contributed by atoms with Crippen molar-refractivity contribution in [1.29, 1.82) is 0 Å². The van der Waals surface area contributed by atoms with Gasteiger partial charge in [0, 0.05) is 0 Å². The van der Waals surface area contributed by atoms with Crippen molar-refractivity contribution in [2.45, 2.75) is 34.6 Å². The molecule has 0 rings (SSSR count). The topological polar surface area (TPSA) is 0 Å². The normalized spacial score (nSPS) is 10.2. The molecule has 0 bridgehead atoms. The van der Waals surface area contributed by atoms with E-state index in [2.05, 4.69) is 34.6 Å². The molecule has 0 N–H and O–H groups in total. The maximum absolute atomic E-state index is 2.25. The minimum Gasteiger partial charge on any atom is -0.131 e. The molecule has 0 atom stereocenters. The molecule has 0 aromatic carbocycles. The van der Waals surface area contributed by atoms with Gasteiger partial charge >= 0.3 is 0 Å². The van der Waals surface area contributed by atoms with Gasteiger partial charge in [0.25, 0.3) is 0 Å². The Morgan fingerprint density at radius 1 is 1.30 bits per heavy atom. The standard InChI is InChI=1S/C9H18S/c1-6-10-9(7(2)3)8(4)5/h7H,6H2,1-5H3.